The SMILES string of the molecule is C[C@H]1CCCCN1C(=O)c1ccc(Cl)c(S(=O)(=O)N(C)c2ccccc2)c1. The highest BCUT2D eigenvalue weighted by Gasteiger charge is 2.28. The highest BCUT2D eigenvalue weighted by molar-refractivity contribution is 7.93. The van der Waals surface area contributed by atoms with E-state index in [-0.39, 0.29) is 21.9 Å². The number of likely N-dealkylation sites (tertiary alicyclic amines) is 1. The molecule has 0 aliphatic carbocycles. The molecule has 27 heavy (non-hydrogen) atoms. The van der Waals surface area contributed by atoms with Gasteiger partial charge in [-0.15, -0.1) is 0 Å². The van der Waals surface area contributed by atoms with Crippen LogP contribution in [0.25, 0.3) is 0 Å². The fraction of sp³-hybridized carbons (Fsp3) is 0.350. The molecule has 144 valence electrons. The van der Waals surface area contributed by atoms with Crippen LogP contribution in [0, 0.1) is 0 Å². The molecule has 3 rings (SSSR count). The van der Waals surface area contributed by atoms with E-state index in [4.69, 9.17) is 11.6 Å². The van der Waals surface area contributed by atoms with Crippen molar-refractivity contribution in [2.24, 2.45) is 0 Å². The van der Waals surface area contributed by atoms with E-state index in [9.17, 15) is 13.2 Å². The van der Waals surface area contributed by atoms with E-state index in [1.165, 1.54) is 23.5 Å². The first kappa shape index (κ1) is 19.7. The number of carbonyl (C=O) groups is 1. The molecule has 1 aliphatic rings. The fourth-order valence-corrected chi connectivity index (χ4v) is 5.02. The lowest BCUT2D eigenvalue weighted by atomic mass is 10.0. The van der Waals surface area contributed by atoms with Crippen molar-refractivity contribution >= 4 is 33.2 Å². The summed E-state index contributed by atoms with van der Waals surface area (Å²) in [6.07, 6.45) is 3.03. The molecular formula is C20H23ClN2O3S. The molecule has 0 spiro atoms. The predicted molar refractivity (Wildman–Crippen MR) is 108 cm³/mol. The fourth-order valence-electron chi connectivity index (χ4n) is 3.32. The number of hydrogen-bond donors (Lipinski definition) is 0. The van der Waals surface area contributed by atoms with Crippen molar-refractivity contribution in [1.29, 1.82) is 0 Å². The molecule has 1 heterocycles. The summed E-state index contributed by atoms with van der Waals surface area (Å²) in [5, 5.41) is 0.0982. The first-order valence-electron chi connectivity index (χ1n) is 8.97. The van der Waals surface area contributed by atoms with Gasteiger partial charge >= 0.3 is 0 Å². The van der Waals surface area contributed by atoms with Gasteiger partial charge in [0, 0.05) is 25.2 Å². The Hall–Kier alpha value is -2.05. The Balaban J connectivity index is 1.96. The van der Waals surface area contributed by atoms with Crippen LogP contribution in [-0.4, -0.2) is 38.9 Å². The Morgan fingerprint density at radius 3 is 2.52 bits per heavy atom. The third kappa shape index (κ3) is 3.96. The van der Waals surface area contributed by atoms with Crippen LogP contribution in [0.2, 0.25) is 5.02 Å². The smallest absolute Gasteiger partial charge is 0.265 e. The highest BCUT2D eigenvalue weighted by atomic mass is 35.5. The number of para-hydroxylation sites is 1. The van der Waals surface area contributed by atoms with Crippen molar-refractivity contribution in [3.63, 3.8) is 0 Å². The molecule has 1 saturated heterocycles. The maximum absolute atomic E-state index is 13.1. The van der Waals surface area contributed by atoms with Gasteiger partial charge in [-0.2, -0.15) is 0 Å². The van der Waals surface area contributed by atoms with Gasteiger partial charge in [0.15, 0.2) is 0 Å². The van der Waals surface area contributed by atoms with Crippen LogP contribution in [0.4, 0.5) is 5.69 Å². The van der Waals surface area contributed by atoms with Crippen LogP contribution in [0.1, 0.15) is 36.5 Å². The van der Waals surface area contributed by atoms with Gasteiger partial charge < -0.3 is 4.90 Å². The van der Waals surface area contributed by atoms with Crippen LogP contribution in [0.3, 0.4) is 0 Å². The van der Waals surface area contributed by atoms with Crippen molar-refractivity contribution < 1.29 is 13.2 Å². The predicted octanol–water partition coefficient (Wildman–Crippen LogP) is 4.18. The maximum atomic E-state index is 13.1. The first-order valence-corrected chi connectivity index (χ1v) is 10.8. The number of nitrogens with zero attached hydrogens (tertiary/aromatic N) is 2. The lowest BCUT2D eigenvalue weighted by molar-refractivity contribution is 0.0635. The van der Waals surface area contributed by atoms with E-state index in [1.54, 1.807) is 30.3 Å². The minimum Gasteiger partial charge on any atom is -0.336 e. The summed E-state index contributed by atoms with van der Waals surface area (Å²) in [5.74, 6) is -0.155. The van der Waals surface area contributed by atoms with Gasteiger partial charge in [-0.1, -0.05) is 29.8 Å². The molecule has 5 nitrogen and oxygen atoms in total. The number of hydrogen-bond acceptors (Lipinski definition) is 3. The van der Waals surface area contributed by atoms with Crippen LogP contribution >= 0.6 is 11.6 Å². The van der Waals surface area contributed by atoms with Crippen molar-refractivity contribution in [2.75, 3.05) is 17.9 Å². The summed E-state index contributed by atoms with van der Waals surface area (Å²) in [6, 6.07) is 13.4. The molecule has 0 N–H and O–H groups in total. The number of rotatable bonds is 4. The van der Waals surface area contributed by atoms with Gasteiger partial charge in [-0.25, -0.2) is 8.42 Å². The number of sulfonamides is 1. The van der Waals surface area contributed by atoms with Crippen molar-refractivity contribution in [3.8, 4) is 0 Å². The highest BCUT2D eigenvalue weighted by Crippen LogP contribution is 2.29. The van der Waals surface area contributed by atoms with Gasteiger partial charge in [0.2, 0.25) is 0 Å². The molecule has 0 unspecified atom stereocenters. The third-order valence-electron chi connectivity index (χ3n) is 5.00. The number of benzene rings is 2. The molecule has 0 aromatic heterocycles. The molecule has 1 aliphatic heterocycles. The monoisotopic (exact) mass is 406 g/mol. The van der Waals surface area contributed by atoms with Crippen LogP contribution in [-0.2, 0) is 10.0 Å². The van der Waals surface area contributed by atoms with E-state index in [2.05, 4.69) is 0 Å². The zero-order valence-electron chi connectivity index (χ0n) is 15.4. The zero-order valence-corrected chi connectivity index (χ0v) is 17.0. The average Bonchev–Trinajstić information content (AvgIpc) is 2.68. The van der Waals surface area contributed by atoms with E-state index in [1.807, 2.05) is 17.9 Å². The number of amides is 1. The Labute approximate surface area is 165 Å². The summed E-state index contributed by atoms with van der Waals surface area (Å²) in [4.78, 5) is 14.7. The third-order valence-corrected chi connectivity index (χ3v) is 7.27. The van der Waals surface area contributed by atoms with Crippen molar-refractivity contribution in [2.45, 2.75) is 37.1 Å². The number of anilines is 1. The van der Waals surface area contributed by atoms with Crippen LogP contribution in [0.5, 0.6) is 0 Å². The van der Waals surface area contributed by atoms with Crippen LogP contribution in [0.15, 0.2) is 53.4 Å². The van der Waals surface area contributed by atoms with Crippen molar-refractivity contribution in [1.82, 2.24) is 4.90 Å². The van der Waals surface area contributed by atoms with Crippen molar-refractivity contribution in [3.05, 3.63) is 59.1 Å². The van der Waals surface area contributed by atoms with Gasteiger partial charge in [0.05, 0.1) is 10.7 Å². The quantitative estimate of drug-likeness (QED) is 0.765. The molecule has 0 bridgehead atoms. The summed E-state index contributed by atoms with van der Waals surface area (Å²) in [7, 11) is -2.42. The zero-order chi connectivity index (χ0) is 19.6. The summed E-state index contributed by atoms with van der Waals surface area (Å²) in [5.41, 5.74) is 0.864. The Morgan fingerprint density at radius 2 is 1.85 bits per heavy atom. The van der Waals surface area contributed by atoms with E-state index in [0.29, 0.717) is 17.8 Å². The summed E-state index contributed by atoms with van der Waals surface area (Å²) < 4.78 is 27.3. The second kappa shape index (κ2) is 7.90. The van der Waals surface area contributed by atoms with Gasteiger partial charge in [0.1, 0.15) is 4.90 Å². The van der Waals surface area contributed by atoms with E-state index >= 15 is 0 Å². The Morgan fingerprint density at radius 1 is 1.15 bits per heavy atom. The van der Waals surface area contributed by atoms with Gasteiger partial charge in [-0.05, 0) is 56.5 Å². The molecule has 1 amide bonds. The second-order valence-corrected chi connectivity index (χ2v) is 9.14. The number of piperidine rings is 1. The van der Waals surface area contributed by atoms with Gasteiger partial charge in [0.25, 0.3) is 15.9 Å². The lowest BCUT2D eigenvalue weighted by Crippen LogP contribution is -2.42. The Kier molecular flexibility index (Phi) is 5.77. The van der Waals surface area contributed by atoms with Gasteiger partial charge in [-0.3, -0.25) is 9.10 Å². The summed E-state index contributed by atoms with van der Waals surface area (Å²) >= 11 is 6.20. The first-order chi connectivity index (χ1) is 12.8. The van der Waals surface area contributed by atoms with E-state index in [0.717, 1.165) is 19.3 Å². The molecule has 7 heteroatoms. The second-order valence-electron chi connectivity index (χ2n) is 6.80. The standard InChI is InChI=1S/C20H23ClN2O3S/c1-15-8-6-7-13-23(15)20(24)16-11-12-18(21)19(14-16)27(25,26)22(2)17-9-4-3-5-10-17/h3-5,9-12,14-15H,6-8,13H2,1-2H3/t15-/m0/s1. The minimum absolute atomic E-state index is 0.0639. The van der Waals surface area contributed by atoms with E-state index < -0.39 is 10.0 Å². The largest absolute Gasteiger partial charge is 0.336 e. The normalized spacial score (nSPS) is 17.6. The topological polar surface area (TPSA) is 57.7 Å². The molecule has 2 aromatic carbocycles. The lowest BCUT2D eigenvalue weighted by Gasteiger charge is -2.33. The van der Waals surface area contributed by atoms with Crippen LogP contribution < -0.4 is 4.31 Å². The minimum atomic E-state index is -3.89. The maximum Gasteiger partial charge on any atom is 0.265 e. The summed E-state index contributed by atoms with van der Waals surface area (Å²) in [6.45, 7) is 2.71. The molecular weight excluding hydrogens is 384 g/mol. The number of halogens is 1. The molecule has 2 aromatic rings. The molecule has 1 fully saturated rings. The Bertz CT molecular complexity index is 931. The molecule has 0 radical (unpaired) electrons. The number of carbonyl (C=O) groups excluding carboxylic acids is 1. The average molecular weight is 407 g/mol. The molecule has 0 saturated carbocycles. The molecule has 1 atom stereocenters.